The Morgan fingerprint density at radius 2 is 1.05 bits per heavy atom. The van der Waals surface area contributed by atoms with Gasteiger partial charge < -0.3 is 74.6 Å². The van der Waals surface area contributed by atoms with Crippen LogP contribution in [0.4, 0.5) is 0 Å². The zero-order valence-corrected chi connectivity index (χ0v) is 68.2. The summed E-state index contributed by atoms with van der Waals surface area (Å²) in [5, 5.41) is 79.4. The van der Waals surface area contributed by atoms with E-state index in [4.69, 9.17) is 16.9 Å². The first-order valence-electron chi connectivity index (χ1n) is 39.2. The predicted molar refractivity (Wildman–Crippen MR) is 441 cm³/mol. The number of aliphatic carboxylic acids is 3. The number of nitrogens with two attached hydrogens (primary N) is 2. The summed E-state index contributed by atoms with van der Waals surface area (Å²) in [6.45, 7) is 10.2. The standard InChI is InChI=1S/C84H100N18O17Si/c1-47(2)74(96-78(114)57(32-33-69(107)108)36-66(104)48(3)90-49(4)103)67(105)37-58(38-70(109)110)79(115)93-62(77(85)113)39-59-45-101(99-97-59)43-51-24-28-55(29-25-51)75-72(53-19-12-8-13-20-53)73(54-21-14-9-15-22-54)76(120(75,5)6)56-30-26-52(27-31-56)44-102-46-60(98-100-102)40-64-82(118)92-61(23-16-34-88-84(86)87)80(116)89-42-68(106)91-65(41-71(111)112)83(119)94-63(81(117)95-64)35-50-17-10-7-11-18-50/h7-15,17-22,24-31,45-48,57-58,61-65,74H,16,23,32-44H2,1-6H3,(H2,85,113)(H,89,116)(H,90,103)(H,91,106)(H,92,118)(H,93,115)(H,94,119)(H,95,117)(H,96,114)(H,107,108)(H,109,110)(H,111,112)(H4,86,87,88)/t48-,57+,58-,61+,62-,63-,64+,65+,74?/m1/s1. The van der Waals surface area contributed by atoms with E-state index in [1.54, 1.807) is 61.3 Å². The third-order valence-electron chi connectivity index (χ3n) is 20.6. The van der Waals surface area contributed by atoms with Crippen molar-refractivity contribution in [1.29, 1.82) is 5.41 Å². The summed E-state index contributed by atoms with van der Waals surface area (Å²) in [5.74, 6) is -17.0. The number of carbonyl (C=O) groups is 14. The van der Waals surface area contributed by atoms with Crippen LogP contribution < -0.4 is 59.3 Å². The summed E-state index contributed by atoms with van der Waals surface area (Å²) in [6, 6.07) is 35.5. The molecule has 17 N–H and O–H groups in total. The first-order chi connectivity index (χ1) is 57.1. The lowest BCUT2D eigenvalue weighted by Gasteiger charge is -2.27. The molecule has 5 aromatic carbocycles. The van der Waals surface area contributed by atoms with Gasteiger partial charge in [-0.05, 0) is 92.6 Å². The lowest BCUT2D eigenvalue weighted by Crippen LogP contribution is -2.58. The van der Waals surface area contributed by atoms with Crippen molar-refractivity contribution in [2.24, 2.45) is 29.2 Å². The number of guanidine groups is 1. The number of Topliss-reactive ketones (excluding diaryl/α,β-unsaturated/α-hetero) is 2. The lowest BCUT2D eigenvalue weighted by molar-refractivity contribution is -0.143. The van der Waals surface area contributed by atoms with Crippen molar-refractivity contribution in [2.75, 3.05) is 13.1 Å². The number of nitrogens with one attached hydrogen (secondary N) is 10. The summed E-state index contributed by atoms with van der Waals surface area (Å²) in [4.78, 5) is 185. The number of rotatable bonds is 38. The highest BCUT2D eigenvalue weighted by atomic mass is 28.3. The molecule has 0 radical (unpaired) electrons. The minimum Gasteiger partial charge on any atom is -0.481 e. The Hall–Kier alpha value is -13.7. The average Bonchev–Trinajstić information content (AvgIpc) is 1.56. The fourth-order valence-electron chi connectivity index (χ4n) is 14.6. The molecule has 36 heteroatoms. The van der Waals surface area contributed by atoms with E-state index in [9.17, 15) is 82.4 Å². The Morgan fingerprint density at radius 1 is 0.550 bits per heavy atom. The number of allylic oxidation sites excluding steroid dienone is 2. The van der Waals surface area contributed by atoms with Crippen LogP contribution in [0.25, 0.3) is 21.5 Å². The molecule has 2 aliphatic rings. The number of aromatic nitrogens is 6. The number of hydrogen-bond acceptors (Lipinski definition) is 19. The third kappa shape index (κ3) is 25.4. The molecule has 2 aliphatic heterocycles. The van der Waals surface area contributed by atoms with E-state index in [-0.39, 0.29) is 75.5 Å². The van der Waals surface area contributed by atoms with Gasteiger partial charge in [-0.15, -0.1) is 10.2 Å². The van der Waals surface area contributed by atoms with Crippen LogP contribution in [0.3, 0.4) is 0 Å². The van der Waals surface area contributed by atoms with Gasteiger partial charge in [0.15, 0.2) is 17.5 Å². The molecule has 632 valence electrons. The van der Waals surface area contributed by atoms with Crippen molar-refractivity contribution < 1.29 is 82.4 Å². The minimum atomic E-state index is -2.78. The molecule has 9 atom stereocenters. The van der Waals surface area contributed by atoms with Crippen molar-refractivity contribution in [3.63, 3.8) is 0 Å². The van der Waals surface area contributed by atoms with E-state index in [0.29, 0.717) is 5.56 Å². The molecule has 1 fully saturated rings. The number of ketones is 2. The first kappa shape index (κ1) is 90.2. The quantitative estimate of drug-likeness (QED) is 0.0114. The Balaban J connectivity index is 0.921. The zero-order valence-electron chi connectivity index (χ0n) is 67.2. The minimum absolute atomic E-state index is 0.0332. The van der Waals surface area contributed by atoms with Crippen LogP contribution in [0.5, 0.6) is 0 Å². The summed E-state index contributed by atoms with van der Waals surface area (Å²) in [5.41, 5.74) is 20.1. The van der Waals surface area contributed by atoms with Gasteiger partial charge in [0.25, 0.3) is 0 Å². The molecule has 0 saturated carbocycles. The Labute approximate surface area is 692 Å². The topological polar surface area (TPSA) is 545 Å². The van der Waals surface area contributed by atoms with E-state index < -0.39 is 189 Å². The number of amides is 9. The fraction of sp³-hybridized carbons (Fsp3) is 0.369. The van der Waals surface area contributed by atoms with Gasteiger partial charge in [-0.25, -0.2) is 9.36 Å². The monoisotopic (exact) mass is 1660 g/mol. The Bertz CT molecular complexity index is 5020. The van der Waals surface area contributed by atoms with Gasteiger partial charge in [0.2, 0.25) is 53.2 Å². The highest BCUT2D eigenvalue weighted by Crippen LogP contribution is 2.55. The fourth-order valence-corrected chi connectivity index (χ4v) is 18.4. The summed E-state index contributed by atoms with van der Waals surface area (Å²) in [7, 11) is -2.78. The van der Waals surface area contributed by atoms with E-state index >= 15 is 0 Å². The zero-order chi connectivity index (χ0) is 87.1. The molecule has 2 aromatic heterocycles. The molecule has 7 aromatic rings. The van der Waals surface area contributed by atoms with Gasteiger partial charge >= 0.3 is 17.9 Å². The van der Waals surface area contributed by atoms with Crippen LogP contribution in [0.2, 0.25) is 13.1 Å². The van der Waals surface area contributed by atoms with Crippen LogP contribution in [0.1, 0.15) is 129 Å². The van der Waals surface area contributed by atoms with Crippen LogP contribution in [0, 0.1) is 23.2 Å². The normalized spacial score (nSPS) is 17.7. The van der Waals surface area contributed by atoms with E-state index in [1.807, 2.05) is 60.7 Å². The average molecular weight is 1660 g/mol. The highest BCUT2D eigenvalue weighted by molar-refractivity contribution is 7.13. The molecule has 0 spiro atoms. The second-order valence-electron chi connectivity index (χ2n) is 30.6. The van der Waals surface area contributed by atoms with Gasteiger partial charge in [-0.2, -0.15) is 0 Å². The number of carboxylic acid groups (broad SMARTS) is 3. The van der Waals surface area contributed by atoms with Crippen LogP contribution in [-0.2, 0) is 99.5 Å². The second kappa shape index (κ2) is 41.9. The van der Waals surface area contributed by atoms with Crippen molar-refractivity contribution >= 4 is 118 Å². The number of benzene rings is 5. The molecule has 0 aliphatic carbocycles. The number of nitrogens with zero attached hydrogens (tertiary/aromatic N) is 6. The van der Waals surface area contributed by atoms with E-state index in [0.717, 1.165) is 44.5 Å². The molecule has 9 amide bonds. The molecule has 1 unspecified atom stereocenters. The smallest absolute Gasteiger partial charge is 0.305 e. The van der Waals surface area contributed by atoms with Gasteiger partial charge in [-0.3, -0.25) is 72.5 Å². The molecule has 1 saturated heterocycles. The maximum absolute atomic E-state index is 14.6. The highest BCUT2D eigenvalue weighted by Gasteiger charge is 2.45. The largest absolute Gasteiger partial charge is 0.481 e. The first-order valence-corrected chi connectivity index (χ1v) is 42.2. The summed E-state index contributed by atoms with van der Waals surface area (Å²) < 4.78 is 3.11. The van der Waals surface area contributed by atoms with Crippen molar-refractivity contribution in [1.82, 2.24) is 77.8 Å². The molecular weight excluding hydrogens is 1560 g/mol. The molecule has 0 bridgehead atoms. The van der Waals surface area contributed by atoms with Gasteiger partial charge in [0, 0.05) is 70.3 Å². The second-order valence-corrected chi connectivity index (χ2v) is 34.9. The van der Waals surface area contributed by atoms with E-state index in [2.05, 4.69) is 130 Å². The van der Waals surface area contributed by atoms with Crippen molar-refractivity contribution in [2.45, 2.75) is 167 Å². The lowest BCUT2D eigenvalue weighted by atomic mass is 9.88. The van der Waals surface area contributed by atoms with Crippen LogP contribution in [0.15, 0.2) is 152 Å². The maximum Gasteiger partial charge on any atom is 0.305 e. The molecule has 9 rings (SSSR count). The van der Waals surface area contributed by atoms with Gasteiger partial charge in [0.1, 0.15) is 38.3 Å². The third-order valence-corrected chi connectivity index (χ3v) is 24.1. The Morgan fingerprint density at radius 3 is 1.56 bits per heavy atom. The number of carboxylic acids is 3. The molecular formula is C84H100N18O17Si. The van der Waals surface area contributed by atoms with E-state index in [1.165, 1.54) is 28.9 Å². The van der Waals surface area contributed by atoms with Gasteiger partial charge in [0.05, 0.1) is 61.9 Å². The number of primary amides is 1. The maximum atomic E-state index is 14.6. The van der Waals surface area contributed by atoms with Gasteiger partial charge in [-0.1, -0.05) is 177 Å². The summed E-state index contributed by atoms with van der Waals surface area (Å²) in [6.07, 6.45) is -1.05. The SMILES string of the molecule is CC(=O)N[C@H](C)C(=O)C[C@H](CCC(=O)O)C(=O)NC(C(=O)C[C@H](CC(=O)O)C(=O)N[C@H](Cc1cn(Cc2ccc(C3=C(c4ccccc4)C(c4ccccc4)=C(c4ccc(Cn5cc(C[C@@H]6NC(=O)[C@@H](Cc7ccccc7)NC(=O)[C@H](CC(=O)O)NC(=O)CNC(=O)[C@H](CCCNC(=N)N)NC6=O)nn5)cc4)[Si]3(C)C)cc2)nn1)C(N)=O)C(C)C. The molecule has 120 heavy (non-hydrogen) atoms. The van der Waals surface area contributed by atoms with Crippen LogP contribution in [-0.4, -0.2) is 197 Å². The Kier molecular flexibility index (Phi) is 31.5. The number of carbonyl (C=O) groups excluding carboxylic acids is 11. The van der Waals surface area contributed by atoms with Crippen molar-refractivity contribution in [3.05, 3.63) is 202 Å². The van der Waals surface area contributed by atoms with Crippen molar-refractivity contribution in [3.8, 4) is 0 Å². The number of hydrogen-bond donors (Lipinski definition) is 15. The van der Waals surface area contributed by atoms with Crippen LogP contribution >= 0.6 is 0 Å². The predicted octanol–water partition coefficient (Wildman–Crippen LogP) is 2.55. The molecule has 4 heterocycles. The molecule has 35 nitrogen and oxygen atoms in total. The summed E-state index contributed by atoms with van der Waals surface area (Å²) >= 11 is 0.